The van der Waals surface area contributed by atoms with Gasteiger partial charge in [0.15, 0.2) is 0 Å². The van der Waals surface area contributed by atoms with Crippen LogP contribution in [0.15, 0.2) is 54.7 Å². The molecule has 1 heterocycles. The maximum Gasteiger partial charge on any atom is 0.255 e. The number of carbonyl (C=O) groups excluding carboxylic acids is 1. The minimum absolute atomic E-state index is 0.215. The van der Waals surface area contributed by atoms with Gasteiger partial charge in [-0.3, -0.25) is 4.79 Å². The third-order valence-electron chi connectivity index (χ3n) is 4.83. The zero-order chi connectivity index (χ0) is 19.2. The molecule has 0 bridgehead atoms. The molecule has 0 aliphatic heterocycles. The van der Waals surface area contributed by atoms with Crippen LogP contribution < -0.4 is 5.32 Å². The van der Waals surface area contributed by atoms with Crippen LogP contribution in [0, 0.1) is 11.3 Å². The molecule has 0 spiro atoms. The van der Waals surface area contributed by atoms with Gasteiger partial charge in [-0.15, -0.1) is 0 Å². The first-order chi connectivity index (χ1) is 13.1. The van der Waals surface area contributed by atoms with E-state index in [0.717, 1.165) is 42.8 Å². The van der Waals surface area contributed by atoms with Crippen molar-refractivity contribution in [2.75, 3.05) is 25.0 Å². The van der Waals surface area contributed by atoms with Gasteiger partial charge in [-0.2, -0.15) is 5.26 Å². The van der Waals surface area contributed by atoms with E-state index in [1.54, 1.807) is 24.3 Å². The van der Waals surface area contributed by atoms with Gasteiger partial charge in [0.25, 0.3) is 5.91 Å². The average molecular weight is 360 g/mol. The fourth-order valence-corrected chi connectivity index (χ4v) is 3.20. The molecule has 5 heteroatoms. The van der Waals surface area contributed by atoms with Crippen molar-refractivity contribution in [1.29, 1.82) is 5.26 Å². The van der Waals surface area contributed by atoms with Crippen molar-refractivity contribution in [3.63, 3.8) is 0 Å². The van der Waals surface area contributed by atoms with Crippen molar-refractivity contribution >= 4 is 22.5 Å². The number of carbonyl (C=O) groups is 1. The largest absolute Gasteiger partial charge is 0.346 e. The minimum atomic E-state index is -0.215. The Morgan fingerprint density at radius 3 is 2.70 bits per heavy atom. The number of nitrogens with zero attached hydrogens (tertiary/aromatic N) is 3. The van der Waals surface area contributed by atoms with Crippen molar-refractivity contribution in [1.82, 2.24) is 9.47 Å². The van der Waals surface area contributed by atoms with E-state index in [1.807, 2.05) is 18.2 Å². The molecule has 1 aromatic heterocycles. The van der Waals surface area contributed by atoms with E-state index in [-0.39, 0.29) is 5.91 Å². The van der Waals surface area contributed by atoms with E-state index in [1.165, 1.54) is 0 Å². The quantitative estimate of drug-likeness (QED) is 0.690. The second-order valence-corrected chi connectivity index (χ2v) is 6.46. The molecule has 3 rings (SSSR count). The zero-order valence-electron chi connectivity index (χ0n) is 15.8. The third-order valence-corrected chi connectivity index (χ3v) is 4.83. The molecule has 0 unspecified atom stereocenters. The summed E-state index contributed by atoms with van der Waals surface area (Å²) >= 11 is 0. The van der Waals surface area contributed by atoms with Gasteiger partial charge in [0.1, 0.15) is 0 Å². The van der Waals surface area contributed by atoms with E-state index in [0.29, 0.717) is 11.1 Å². The Morgan fingerprint density at radius 2 is 1.96 bits per heavy atom. The van der Waals surface area contributed by atoms with Gasteiger partial charge in [-0.05, 0) is 55.6 Å². The first-order valence-electron chi connectivity index (χ1n) is 9.27. The predicted molar refractivity (Wildman–Crippen MR) is 109 cm³/mol. The van der Waals surface area contributed by atoms with Gasteiger partial charge in [-0.25, -0.2) is 0 Å². The molecule has 138 valence electrons. The summed E-state index contributed by atoms with van der Waals surface area (Å²) in [6.45, 7) is 8.43. The van der Waals surface area contributed by atoms with E-state index >= 15 is 0 Å². The summed E-state index contributed by atoms with van der Waals surface area (Å²) in [4.78, 5) is 14.8. The molecule has 0 atom stereocenters. The van der Waals surface area contributed by atoms with E-state index in [9.17, 15) is 4.79 Å². The van der Waals surface area contributed by atoms with Gasteiger partial charge in [-0.1, -0.05) is 19.9 Å². The number of aromatic nitrogens is 1. The molecule has 2 aromatic carbocycles. The Balaban J connectivity index is 1.73. The summed E-state index contributed by atoms with van der Waals surface area (Å²) < 4.78 is 2.25. The third kappa shape index (κ3) is 4.36. The number of likely N-dealkylation sites (N-methyl/N-ethyl adjacent to an activating group) is 1. The predicted octanol–water partition coefficient (Wildman–Crippen LogP) is 4.11. The summed E-state index contributed by atoms with van der Waals surface area (Å²) in [6, 6.07) is 16.8. The average Bonchev–Trinajstić information content (AvgIpc) is 3.11. The lowest BCUT2D eigenvalue weighted by Gasteiger charge is -2.18. The Labute approximate surface area is 159 Å². The molecule has 1 amide bonds. The van der Waals surface area contributed by atoms with E-state index in [4.69, 9.17) is 5.26 Å². The fourth-order valence-electron chi connectivity index (χ4n) is 3.20. The van der Waals surface area contributed by atoms with Crippen molar-refractivity contribution in [2.45, 2.75) is 20.4 Å². The van der Waals surface area contributed by atoms with Crippen LogP contribution in [-0.4, -0.2) is 35.0 Å². The van der Waals surface area contributed by atoms with Crippen LogP contribution >= 0.6 is 0 Å². The maximum absolute atomic E-state index is 12.4. The maximum atomic E-state index is 12.4. The molecule has 0 radical (unpaired) electrons. The monoisotopic (exact) mass is 360 g/mol. The highest BCUT2D eigenvalue weighted by molar-refractivity contribution is 6.05. The molecule has 0 saturated heterocycles. The number of hydrogen-bond donors (Lipinski definition) is 1. The van der Waals surface area contributed by atoms with Crippen molar-refractivity contribution in [3.05, 3.63) is 65.9 Å². The number of amides is 1. The molecule has 27 heavy (non-hydrogen) atoms. The highest BCUT2D eigenvalue weighted by Gasteiger charge is 2.09. The van der Waals surface area contributed by atoms with Gasteiger partial charge >= 0.3 is 0 Å². The normalized spacial score (nSPS) is 10.9. The molecule has 3 aromatic rings. The zero-order valence-corrected chi connectivity index (χ0v) is 15.8. The standard InChI is InChI=1S/C22H24N4O/c1-3-25(4-2)12-13-26-11-10-18-15-20(8-9-21(18)26)24-22(27)19-7-5-6-17(14-19)16-23/h5-11,14-15H,3-4,12-13H2,1-2H3,(H,24,27). The number of hydrogen-bond acceptors (Lipinski definition) is 3. The van der Waals surface area contributed by atoms with E-state index in [2.05, 4.69) is 47.0 Å². The van der Waals surface area contributed by atoms with Gasteiger partial charge < -0.3 is 14.8 Å². The molecule has 0 aliphatic carbocycles. The van der Waals surface area contributed by atoms with Gasteiger partial charge in [0.2, 0.25) is 0 Å². The highest BCUT2D eigenvalue weighted by Crippen LogP contribution is 2.21. The number of fused-ring (bicyclic) bond motifs is 1. The molecular weight excluding hydrogens is 336 g/mol. The topological polar surface area (TPSA) is 61.1 Å². The number of nitrogens with one attached hydrogen (secondary N) is 1. The number of nitriles is 1. The number of benzene rings is 2. The summed E-state index contributed by atoms with van der Waals surface area (Å²) in [6.07, 6.45) is 2.09. The Kier molecular flexibility index (Phi) is 5.90. The van der Waals surface area contributed by atoms with E-state index < -0.39 is 0 Å². The summed E-state index contributed by atoms with van der Waals surface area (Å²) in [7, 11) is 0. The first-order valence-corrected chi connectivity index (χ1v) is 9.27. The van der Waals surface area contributed by atoms with Crippen LogP contribution in [0.3, 0.4) is 0 Å². The number of rotatable bonds is 7. The molecule has 1 N–H and O–H groups in total. The van der Waals surface area contributed by atoms with Crippen LogP contribution in [0.4, 0.5) is 5.69 Å². The molecule has 0 fully saturated rings. The van der Waals surface area contributed by atoms with Gasteiger partial charge in [0.05, 0.1) is 11.6 Å². The lowest BCUT2D eigenvalue weighted by atomic mass is 10.1. The summed E-state index contributed by atoms with van der Waals surface area (Å²) in [5.74, 6) is -0.215. The van der Waals surface area contributed by atoms with Crippen LogP contribution in [0.1, 0.15) is 29.8 Å². The van der Waals surface area contributed by atoms with Crippen molar-refractivity contribution in [2.24, 2.45) is 0 Å². The molecule has 0 saturated carbocycles. The number of anilines is 1. The lowest BCUT2D eigenvalue weighted by Crippen LogP contribution is -2.26. The Bertz CT molecular complexity index is 979. The van der Waals surface area contributed by atoms with Crippen LogP contribution in [0.5, 0.6) is 0 Å². The molecule has 5 nitrogen and oxygen atoms in total. The first kappa shape index (κ1) is 18.7. The summed E-state index contributed by atoms with van der Waals surface area (Å²) in [5, 5.41) is 13.0. The molecule has 0 aliphatic rings. The highest BCUT2D eigenvalue weighted by atomic mass is 16.1. The van der Waals surface area contributed by atoms with Crippen LogP contribution in [0.25, 0.3) is 10.9 Å². The second kappa shape index (κ2) is 8.52. The van der Waals surface area contributed by atoms with Crippen LogP contribution in [0.2, 0.25) is 0 Å². The second-order valence-electron chi connectivity index (χ2n) is 6.46. The van der Waals surface area contributed by atoms with Crippen molar-refractivity contribution in [3.8, 4) is 6.07 Å². The summed E-state index contributed by atoms with van der Waals surface area (Å²) in [5.41, 5.74) is 2.86. The van der Waals surface area contributed by atoms with Crippen LogP contribution in [-0.2, 0) is 6.54 Å². The Morgan fingerprint density at radius 1 is 1.15 bits per heavy atom. The smallest absolute Gasteiger partial charge is 0.255 e. The fraction of sp³-hybridized carbons (Fsp3) is 0.273. The molecular formula is C22H24N4O. The lowest BCUT2D eigenvalue weighted by molar-refractivity contribution is 0.102. The minimum Gasteiger partial charge on any atom is -0.346 e. The van der Waals surface area contributed by atoms with Crippen molar-refractivity contribution < 1.29 is 4.79 Å². The van der Waals surface area contributed by atoms with Gasteiger partial charge in [0, 0.05) is 41.4 Å². The Hall–Kier alpha value is -3.10. The SMILES string of the molecule is CCN(CC)CCn1ccc2cc(NC(=O)c3cccc(C#N)c3)ccc21.